The van der Waals surface area contributed by atoms with Gasteiger partial charge < -0.3 is 9.84 Å². The molecule has 0 amide bonds. The first kappa shape index (κ1) is 9.71. The summed E-state index contributed by atoms with van der Waals surface area (Å²) in [4.78, 5) is 11.2. The lowest BCUT2D eigenvalue weighted by molar-refractivity contribution is -0.149. The van der Waals surface area contributed by atoms with Gasteiger partial charge >= 0.3 is 5.97 Å². The molecule has 1 saturated carbocycles. The van der Waals surface area contributed by atoms with Crippen molar-refractivity contribution in [1.82, 2.24) is 0 Å². The molecule has 3 nitrogen and oxygen atoms in total. The first-order chi connectivity index (χ1) is 6.33. The smallest absolute Gasteiger partial charge is 0.331 e. The molecule has 1 heterocycles. The van der Waals surface area contributed by atoms with Gasteiger partial charge in [0, 0.05) is 12.5 Å². The van der Waals surface area contributed by atoms with Gasteiger partial charge in [-0.15, -0.1) is 0 Å². The maximum Gasteiger partial charge on any atom is 0.331 e. The van der Waals surface area contributed by atoms with Crippen LogP contribution in [0.5, 0.6) is 0 Å². The summed E-state index contributed by atoms with van der Waals surface area (Å²) in [7, 11) is 0. The van der Waals surface area contributed by atoms with Crippen LogP contribution >= 0.6 is 0 Å². The Morgan fingerprint density at radius 2 is 2.07 bits per heavy atom. The van der Waals surface area contributed by atoms with E-state index in [9.17, 15) is 9.90 Å². The van der Waals surface area contributed by atoms with E-state index in [1.165, 1.54) is 0 Å². The quantitative estimate of drug-likeness (QED) is 0.596. The van der Waals surface area contributed by atoms with Gasteiger partial charge in [-0.1, -0.05) is 13.8 Å². The molecule has 0 aromatic carbocycles. The first-order valence-electron chi connectivity index (χ1n) is 4.97. The predicted octanol–water partition coefficient (Wildman–Crippen LogP) is 1.41. The highest BCUT2D eigenvalue weighted by molar-refractivity contribution is 5.87. The Hall–Kier alpha value is -0.830. The number of rotatable bonds is 0. The largest absolute Gasteiger partial charge is 0.452 e. The lowest BCUT2D eigenvalue weighted by Crippen LogP contribution is -2.44. The predicted molar refractivity (Wildman–Crippen MR) is 51.6 cm³/mol. The highest BCUT2D eigenvalue weighted by atomic mass is 16.6. The normalized spacial score (nSPS) is 40.1. The van der Waals surface area contributed by atoms with Gasteiger partial charge in [-0.05, 0) is 24.3 Å². The lowest BCUT2D eigenvalue weighted by atomic mass is 9.65. The van der Waals surface area contributed by atoms with Crippen LogP contribution in [-0.4, -0.2) is 22.8 Å². The maximum absolute atomic E-state index is 11.2. The van der Waals surface area contributed by atoms with E-state index in [0.717, 1.165) is 5.57 Å². The van der Waals surface area contributed by atoms with Crippen LogP contribution in [0, 0.1) is 5.41 Å². The third kappa shape index (κ3) is 1.27. The zero-order valence-electron chi connectivity index (χ0n) is 8.83. The van der Waals surface area contributed by atoms with Crippen LogP contribution in [0.2, 0.25) is 0 Å². The fraction of sp³-hybridized carbons (Fsp3) is 0.727. The third-order valence-electron chi connectivity index (χ3n) is 3.26. The summed E-state index contributed by atoms with van der Waals surface area (Å²) in [6, 6.07) is 0. The molecule has 0 bridgehead atoms. The van der Waals surface area contributed by atoms with Gasteiger partial charge in [0.25, 0.3) is 0 Å². The highest BCUT2D eigenvalue weighted by Gasteiger charge is 2.50. The first-order valence-corrected chi connectivity index (χ1v) is 4.97. The van der Waals surface area contributed by atoms with Crippen molar-refractivity contribution in [3.05, 3.63) is 11.6 Å². The molecular weight excluding hydrogens is 180 g/mol. The van der Waals surface area contributed by atoms with Crippen molar-refractivity contribution in [2.24, 2.45) is 5.41 Å². The van der Waals surface area contributed by atoms with Crippen LogP contribution in [0.15, 0.2) is 11.6 Å². The maximum atomic E-state index is 11.2. The molecule has 1 fully saturated rings. The van der Waals surface area contributed by atoms with Gasteiger partial charge in [0.2, 0.25) is 0 Å². The number of carbonyl (C=O) groups excluding carboxylic acids is 1. The standard InChI is InChI=1S/C11H16O3/c1-10(2)5-7(12)6-11(3)8(10)4-9(13)14-11/h4,7,12H,5-6H2,1-3H3/t7-,11?/m0/s1. The van der Waals surface area contributed by atoms with Gasteiger partial charge in [-0.3, -0.25) is 0 Å². The summed E-state index contributed by atoms with van der Waals surface area (Å²) >= 11 is 0. The van der Waals surface area contributed by atoms with Gasteiger partial charge in [-0.25, -0.2) is 4.79 Å². The second-order valence-corrected chi connectivity index (χ2v) is 5.16. The highest BCUT2D eigenvalue weighted by Crippen LogP contribution is 2.49. The third-order valence-corrected chi connectivity index (χ3v) is 3.26. The Morgan fingerprint density at radius 1 is 1.43 bits per heavy atom. The monoisotopic (exact) mass is 196 g/mol. The molecule has 0 aromatic rings. The number of hydrogen-bond acceptors (Lipinski definition) is 3. The van der Waals surface area contributed by atoms with E-state index >= 15 is 0 Å². The summed E-state index contributed by atoms with van der Waals surface area (Å²) in [6.07, 6.45) is 2.43. The SMILES string of the molecule is CC1(C)C[C@H](O)CC2(C)OC(=O)C=C12. The summed E-state index contributed by atoms with van der Waals surface area (Å²) < 4.78 is 5.27. The zero-order chi connectivity index (χ0) is 10.6. The average Bonchev–Trinajstić information content (AvgIpc) is 2.22. The Morgan fingerprint density at radius 3 is 2.71 bits per heavy atom. The molecule has 1 N–H and O–H groups in total. The van der Waals surface area contributed by atoms with Crippen molar-refractivity contribution in [2.45, 2.75) is 45.3 Å². The van der Waals surface area contributed by atoms with Crippen LogP contribution < -0.4 is 0 Å². The summed E-state index contributed by atoms with van der Waals surface area (Å²) in [5.74, 6) is -0.273. The van der Waals surface area contributed by atoms with E-state index in [1.54, 1.807) is 6.08 Å². The molecule has 2 rings (SSSR count). The topological polar surface area (TPSA) is 46.5 Å². The molecule has 0 saturated heterocycles. The molecule has 78 valence electrons. The van der Waals surface area contributed by atoms with Crippen LogP contribution in [-0.2, 0) is 9.53 Å². The molecule has 0 radical (unpaired) electrons. The van der Waals surface area contributed by atoms with Crippen molar-refractivity contribution < 1.29 is 14.6 Å². The van der Waals surface area contributed by atoms with E-state index in [-0.39, 0.29) is 17.5 Å². The van der Waals surface area contributed by atoms with E-state index in [4.69, 9.17) is 4.74 Å². The molecule has 2 aliphatic rings. The van der Waals surface area contributed by atoms with Crippen molar-refractivity contribution >= 4 is 5.97 Å². The molecule has 14 heavy (non-hydrogen) atoms. The van der Waals surface area contributed by atoms with Crippen LogP contribution in [0.1, 0.15) is 33.6 Å². The molecule has 1 aliphatic carbocycles. The minimum atomic E-state index is -0.571. The van der Waals surface area contributed by atoms with Gasteiger partial charge in [0.15, 0.2) is 0 Å². The number of carbonyl (C=O) groups is 1. The number of ether oxygens (including phenoxy) is 1. The Labute approximate surface area is 83.8 Å². The van der Waals surface area contributed by atoms with Gasteiger partial charge in [0.05, 0.1) is 6.10 Å². The minimum absolute atomic E-state index is 0.140. The van der Waals surface area contributed by atoms with E-state index in [0.29, 0.717) is 12.8 Å². The number of hydrogen-bond donors (Lipinski definition) is 1. The number of aliphatic hydroxyl groups is 1. The molecule has 1 aliphatic heterocycles. The van der Waals surface area contributed by atoms with Gasteiger partial charge in [0.1, 0.15) is 5.60 Å². The number of esters is 1. The molecule has 3 heteroatoms. The Kier molecular flexibility index (Phi) is 1.80. The van der Waals surface area contributed by atoms with Crippen LogP contribution in [0.4, 0.5) is 0 Å². The molecule has 1 unspecified atom stereocenters. The fourth-order valence-corrected chi connectivity index (χ4v) is 2.86. The fourth-order valence-electron chi connectivity index (χ4n) is 2.86. The zero-order valence-corrected chi connectivity index (χ0v) is 8.83. The molecule has 0 spiro atoms. The Balaban J connectivity index is 2.43. The number of aliphatic hydroxyl groups excluding tert-OH is 1. The van der Waals surface area contributed by atoms with Crippen molar-refractivity contribution in [2.75, 3.05) is 0 Å². The number of fused-ring (bicyclic) bond motifs is 1. The second kappa shape index (κ2) is 2.60. The van der Waals surface area contributed by atoms with Crippen molar-refractivity contribution in [3.8, 4) is 0 Å². The van der Waals surface area contributed by atoms with Crippen LogP contribution in [0.3, 0.4) is 0 Å². The summed E-state index contributed by atoms with van der Waals surface area (Å²) in [5, 5.41) is 9.72. The molecule has 0 aromatic heterocycles. The summed E-state index contributed by atoms with van der Waals surface area (Å²) in [6.45, 7) is 5.97. The minimum Gasteiger partial charge on any atom is -0.452 e. The second-order valence-electron chi connectivity index (χ2n) is 5.16. The summed E-state index contributed by atoms with van der Waals surface area (Å²) in [5.41, 5.74) is 0.317. The van der Waals surface area contributed by atoms with Crippen molar-refractivity contribution in [3.63, 3.8) is 0 Å². The van der Waals surface area contributed by atoms with E-state index in [2.05, 4.69) is 0 Å². The lowest BCUT2D eigenvalue weighted by Gasteiger charge is -2.43. The average molecular weight is 196 g/mol. The van der Waals surface area contributed by atoms with E-state index in [1.807, 2.05) is 20.8 Å². The van der Waals surface area contributed by atoms with Crippen molar-refractivity contribution in [1.29, 1.82) is 0 Å². The molecular formula is C11H16O3. The van der Waals surface area contributed by atoms with Gasteiger partial charge in [-0.2, -0.15) is 0 Å². The van der Waals surface area contributed by atoms with E-state index < -0.39 is 5.60 Å². The Bertz CT molecular complexity index is 316. The molecule has 2 atom stereocenters. The van der Waals surface area contributed by atoms with Crippen LogP contribution in [0.25, 0.3) is 0 Å².